The monoisotopic (exact) mass is 311 g/mol. The summed E-state index contributed by atoms with van der Waals surface area (Å²) in [5.74, 6) is 0.197. The van der Waals surface area contributed by atoms with E-state index in [4.69, 9.17) is 4.42 Å². The smallest absolute Gasteiger partial charge is 0.226 e. The summed E-state index contributed by atoms with van der Waals surface area (Å²) in [5.41, 5.74) is 1.56. The molecule has 1 atom stereocenters. The van der Waals surface area contributed by atoms with Crippen LogP contribution < -0.4 is 5.32 Å². The van der Waals surface area contributed by atoms with Gasteiger partial charge in [-0.25, -0.2) is 9.37 Å². The molecule has 0 amide bonds. The Balaban J connectivity index is 0.00000161. The first-order valence-corrected chi connectivity index (χ1v) is 6.84. The number of nitrogens with zero attached hydrogens (tertiary/aromatic N) is 2. The Morgan fingerprint density at radius 3 is 3.05 bits per heavy atom. The third-order valence-corrected chi connectivity index (χ3v) is 3.69. The van der Waals surface area contributed by atoms with Crippen LogP contribution in [-0.4, -0.2) is 36.1 Å². The van der Waals surface area contributed by atoms with Gasteiger partial charge < -0.3 is 9.73 Å². The van der Waals surface area contributed by atoms with Crippen LogP contribution in [0.15, 0.2) is 34.9 Å². The minimum atomic E-state index is -0.279. The fraction of sp³-hybridized carbons (Fsp3) is 0.400. The van der Waals surface area contributed by atoms with E-state index in [1.807, 2.05) is 7.05 Å². The van der Waals surface area contributed by atoms with E-state index in [0.717, 1.165) is 31.7 Å². The third kappa shape index (κ3) is 3.81. The van der Waals surface area contributed by atoms with Crippen LogP contribution in [0.4, 0.5) is 4.39 Å². The quantitative estimate of drug-likeness (QED) is 0.942. The van der Waals surface area contributed by atoms with Crippen LogP contribution in [0.3, 0.4) is 0 Å². The number of halogens is 2. The molecule has 2 heterocycles. The summed E-state index contributed by atoms with van der Waals surface area (Å²) in [7, 11) is 1.99. The van der Waals surface area contributed by atoms with Gasteiger partial charge in [0.25, 0.3) is 0 Å². The fourth-order valence-corrected chi connectivity index (χ4v) is 2.57. The Bertz CT molecular complexity index is 590. The minimum absolute atomic E-state index is 0. The molecule has 0 radical (unpaired) electrons. The van der Waals surface area contributed by atoms with Crippen LogP contribution in [-0.2, 0) is 6.54 Å². The van der Waals surface area contributed by atoms with Gasteiger partial charge in [0.2, 0.25) is 5.89 Å². The predicted molar refractivity (Wildman–Crippen MR) is 81.9 cm³/mol. The highest BCUT2D eigenvalue weighted by atomic mass is 35.5. The number of aromatic nitrogens is 1. The van der Waals surface area contributed by atoms with E-state index in [9.17, 15) is 4.39 Å². The van der Waals surface area contributed by atoms with E-state index in [-0.39, 0.29) is 18.2 Å². The van der Waals surface area contributed by atoms with Crippen molar-refractivity contribution in [1.82, 2.24) is 15.2 Å². The Hall–Kier alpha value is -1.43. The lowest BCUT2D eigenvalue weighted by Crippen LogP contribution is -2.29. The standard InChI is InChI=1S/C15H18FN3O.ClH/c1-17-13-5-6-19(8-13)9-14-10-20-15(18-14)11-3-2-4-12(16)7-11;/h2-4,7,10,13,17H,5-6,8-9H2,1H3;1H. The first-order chi connectivity index (χ1) is 9.74. The summed E-state index contributed by atoms with van der Waals surface area (Å²) in [6, 6.07) is 6.86. The Labute approximate surface area is 129 Å². The van der Waals surface area contributed by atoms with Gasteiger partial charge in [0.1, 0.15) is 12.1 Å². The summed E-state index contributed by atoms with van der Waals surface area (Å²) in [4.78, 5) is 6.78. The fourth-order valence-electron chi connectivity index (χ4n) is 2.57. The van der Waals surface area contributed by atoms with Gasteiger partial charge in [-0.15, -0.1) is 12.4 Å². The summed E-state index contributed by atoms with van der Waals surface area (Å²) >= 11 is 0. The molecule has 3 rings (SSSR count). The van der Waals surface area contributed by atoms with Gasteiger partial charge >= 0.3 is 0 Å². The highest BCUT2D eigenvalue weighted by Crippen LogP contribution is 2.21. The van der Waals surface area contributed by atoms with Crippen LogP contribution in [0.5, 0.6) is 0 Å². The van der Waals surface area contributed by atoms with Crippen molar-refractivity contribution >= 4 is 12.4 Å². The van der Waals surface area contributed by atoms with Gasteiger partial charge in [-0.3, -0.25) is 4.90 Å². The van der Waals surface area contributed by atoms with E-state index >= 15 is 0 Å². The molecule has 0 spiro atoms. The molecule has 0 saturated carbocycles. The highest BCUT2D eigenvalue weighted by Gasteiger charge is 2.21. The summed E-state index contributed by atoms with van der Waals surface area (Å²) < 4.78 is 18.6. The van der Waals surface area contributed by atoms with Gasteiger partial charge in [0.05, 0.1) is 5.69 Å². The number of benzene rings is 1. The average Bonchev–Trinajstić information content (AvgIpc) is 3.08. The third-order valence-electron chi connectivity index (χ3n) is 3.69. The maximum absolute atomic E-state index is 13.2. The number of nitrogens with one attached hydrogen (secondary N) is 1. The van der Waals surface area contributed by atoms with Crippen molar-refractivity contribution < 1.29 is 8.81 Å². The zero-order chi connectivity index (χ0) is 13.9. The molecule has 2 aromatic rings. The van der Waals surface area contributed by atoms with Gasteiger partial charge in [-0.1, -0.05) is 6.07 Å². The van der Waals surface area contributed by atoms with Crippen molar-refractivity contribution in [2.45, 2.75) is 19.0 Å². The van der Waals surface area contributed by atoms with Gasteiger partial charge in [0, 0.05) is 31.2 Å². The number of likely N-dealkylation sites (N-methyl/N-ethyl adjacent to an activating group) is 1. The topological polar surface area (TPSA) is 41.3 Å². The number of oxazole rings is 1. The maximum atomic E-state index is 13.2. The molecule has 0 aliphatic carbocycles. The molecule has 114 valence electrons. The van der Waals surface area contributed by atoms with E-state index in [2.05, 4.69) is 15.2 Å². The largest absolute Gasteiger partial charge is 0.444 e. The van der Waals surface area contributed by atoms with Crippen LogP contribution in [0.25, 0.3) is 11.5 Å². The van der Waals surface area contributed by atoms with Crippen molar-refractivity contribution in [2.75, 3.05) is 20.1 Å². The van der Waals surface area contributed by atoms with Crippen molar-refractivity contribution in [3.8, 4) is 11.5 Å². The molecule has 1 aliphatic rings. The van der Waals surface area contributed by atoms with Gasteiger partial charge in [-0.05, 0) is 31.7 Å². The zero-order valence-electron chi connectivity index (χ0n) is 11.9. The Morgan fingerprint density at radius 1 is 1.48 bits per heavy atom. The molecule has 4 nitrogen and oxygen atoms in total. The summed E-state index contributed by atoms with van der Waals surface area (Å²) in [5, 5.41) is 3.29. The second-order valence-electron chi connectivity index (χ2n) is 5.16. The highest BCUT2D eigenvalue weighted by molar-refractivity contribution is 5.85. The lowest BCUT2D eigenvalue weighted by Gasteiger charge is -2.13. The summed E-state index contributed by atoms with van der Waals surface area (Å²) in [6.45, 7) is 2.86. The maximum Gasteiger partial charge on any atom is 0.226 e. The van der Waals surface area contributed by atoms with Crippen LogP contribution in [0, 0.1) is 5.82 Å². The van der Waals surface area contributed by atoms with E-state index in [1.165, 1.54) is 12.1 Å². The predicted octanol–water partition coefficient (Wildman–Crippen LogP) is 2.70. The molecule has 1 unspecified atom stereocenters. The Kier molecular flexibility index (Phi) is 5.33. The van der Waals surface area contributed by atoms with E-state index < -0.39 is 0 Å². The second kappa shape index (κ2) is 7.02. The first-order valence-electron chi connectivity index (χ1n) is 6.84. The van der Waals surface area contributed by atoms with Crippen molar-refractivity contribution in [2.24, 2.45) is 0 Å². The minimum Gasteiger partial charge on any atom is -0.444 e. The second-order valence-corrected chi connectivity index (χ2v) is 5.16. The normalized spacial score (nSPS) is 18.7. The lowest BCUT2D eigenvalue weighted by atomic mass is 10.2. The van der Waals surface area contributed by atoms with Gasteiger partial charge in [-0.2, -0.15) is 0 Å². The number of rotatable bonds is 4. The molecule has 1 aromatic heterocycles. The first kappa shape index (κ1) is 15.9. The van der Waals surface area contributed by atoms with Crippen LogP contribution in [0.1, 0.15) is 12.1 Å². The average molecular weight is 312 g/mol. The molecule has 0 bridgehead atoms. The number of hydrogen-bond donors (Lipinski definition) is 1. The van der Waals surface area contributed by atoms with Crippen molar-refractivity contribution in [3.05, 3.63) is 42.0 Å². The molecule has 21 heavy (non-hydrogen) atoms. The molecule has 1 saturated heterocycles. The SMILES string of the molecule is CNC1CCN(Cc2coc(-c3cccc(F)c3)n2)C1.Cl. The molecule has 1 N–H and O–H groups in total. The van der Waals surface area contributed by atoms with Crippen molar-refractivity contribution in [3.63, 3.8) is 0 Å². The Morgan fingerprint density at radius 2 is 2.33 bits per heavy atom. The van der Waals surface area contributed by atoms with Crippen LogP contribution >= 0.6 is 12.4 Å². The molecule has 6 heteroatoms. The van der Waals surface area contributed by atoms with Gasteiger partial charge in [0.15, 0.2) is 0 Å². The van der Waals surface area contributed by atoms with E-state index in [0.29, 0.717) is 17.5 Å². The molecule has 1 aliphatic heterocycles. The molecule has 1 fully saturated rings. The lowest BCUT2D eigenvalue weighted by molar-refractivity contribution is 0.318. The molecular formula is C15H19ClFN3O. The molecular weight excluding hydrogens is 293 g/mol. The number of likely N-dealkylation sites (tertiary alicyclic amines) is 1. The molecule has 1 aromatic carbocycles. The van der Waals surface area contributed by atoms with Crippen molar-refractivity contribution in [1.29, 1.82) is 0 Å². The zero-order valence-corrected chi connectivity index (χ0v) is 12.7. The van der Waals surface area contributed by atoms with Crippen LogP contribution in [0.2, 0.25) is 0 Å². The van der Waals surface area contributed by atoms with E-state index in [1.54, 1.807) is 18.4 Å². The summed E-state index contributed by atoms with van der Waals surface area (Å²) in [6.07, 6.45) is 2.82. The number of hydrogen-bond acceptors (Lipinski definition) is 4.